The average molecular weight is 559 g/mol. The molecule has 1 fully saturated rings. The van der Waals surface area contributed by atoms with E-state index in [1.165, 1.54) is 18.3 Å². The van der Waals surface area contributed by atoms with E-state index in [1.807, 2.05) is 31.3 Å². The van der Waals surface area contributed by atoms with Crippen LogP contribution in [-0.2, 0) is 22.2 Å². The second kappa shape index (κ2) is 11.9. The van der Waals surface area contributed by atoms with Gasteiger partial charge in [0.05, 0.1) is 67.8 Å². The Balaban J connectivity index is 1.47. The molecule has 1 aliphatic rings. The lowest BCUT2D eigenvalue weighted by atomic mass is 10.0. The quantitative estimate of drug-likeness (QED) is 0.253. The monoisotopic (exact) mass is 558 g/mol. The van der Waals surface area contributed by atoms with E-state index < -0.39 is 35.6 Å². The molecule has 1 aliphatic heterocycles. The van der Waals surface area contributed by atoms with E-state index in [2.05, 4.69) is 15.6 Å². The molecule has 9 nitrogen and oxygen atoms in total. The number of likely N-dealkylation sites (tertiary alicyclic amines) is 1. The SMILES string of the molecule is C[N+]1(CC[C@H](N)C(=O)N[C@@H](Cc2ccc(C(F)(F)F)cc2)C(=O)Nc2cnc3ccccc3c2)C[C@H](N)[C@@H](N)C1. The van der Waals surface area contributed by atoms with E-state index in [9.17, 15) is 22.8 Å². The number of rotatable bonds is 9. The van der Waals surface area contributed by atoms with Crippen LogP contribution in [0.25, 0.3) is 10.9 Å². The molecule has 0 aliphatic carbocycles. The lowest BCUT2D eigenvalue weighted by Crippen LogP contribution is -2.53. The topological polar surface area (TPSA) is 149 Å². The number of nitrogens with one attached hydrogen (secondary N) is 2. The summed E-state index contributed by atoms with van der Waals surface area (Å²) in [6.45, 7) is 1.93. The molecular weight excluding hydrogens is 523 g/mol. The fraction of sp³-hybridized carbons (Fsp3) is 0.393. The second-order valence-electron chi connectivity index (χ2n) is 10.8. The third-order valence-corrected chi connectivity index (χ3v) is 7.38. The minimum Gasteiger partial charge on any atom is -0.343 e. The van der Waals surface area contributed by atoms with Crippen LogP contribution in [0.2, 0.25) is 0 Å². The highest BCUT2D eigenvalue weighted by Gasteiger charge is 2.39. The molecule has 0 radical (unpaired) electrons. The van der Waals surface area contributed by atoms with Crippen molar-refractivity contribution in [3.05, 3.63) is 71.9 Å². The molecule has 2 amide bonds. The number of likely N-dealkylation sites (N-methyl/N-ethyl adjacent to an activating group) is 1. The second-order valence-corrected chi connectivity index (χ2v) is 10.8. The molecule has 1 aromatic heterocycles. The van der Waals surface area contributed by atoms with Crippen molar-refractivity contribution in [2.24, 2.45) is 17.2 Å². The Morgan fingerprint density at radius 1 is 1.05 bits per heavy atom. The summed E-state index contributed by atoms with van der Waals surface area (Å²) in [5, 5.41) is 6.27. The molecule has 0 spiro atoms. The average Bonchev–Trinajstić information content (AvgIpc) is 3.17. The fourth-order valence-corrected chi connectivity index (χ4v) is 5.05. The highest BCUT2D eigenvalue weighted by atomic mass is 19.4. The van der Waals surface area contributed by atoms with Crippen LogP contribution in [0.3, 0.4) is 0 Å². The number of carbonyl (C=O) groups is 2. The van der Waals surface area contributed by atoms with Crippen molar-refractivity contribution in [2.45, 2.75) is 43.2 Å². The molecular formula is C28H35F3N7O2+. The third-order valence-electron chi connectivity index (χ3n) is 7.38. The van der Waals surface area contributed by atoms with Crippen molar-refractivity contribution < 1.29 is 27.2 Å². The summed E-state index contributed by atoms with van der Waals surface area (Å²) in [4.78, 5) is 30.7. The Morgan fingerprint density at radius 2 is 1.70 bits per heavy atom. The summed E-state index contributed by atoms with van der Waals surface area (Å²) in [7, 11) is 2.01. The predicted molar refractivity (Wildman–Crippen MR) is 147 cm³/mol. The first-order valence-electron chi connectivity index (χ1n) is 13.1. The normalized spacial score (nSPS) is 20.2. The summed E-state index contributed by atoms with van der Waals surface area (Å²) >= 11 is 0. The highest BCUT2D eigenvalue weighted by molar-refractivity contribution is 5.99. The van der Waals surface area contributed by atoms with E-state index in [-0.39, 0.29) is 18.5 Å². The Morgan fingerprint density at radius 3 is 2.35 bits per heavy atom. The molecule has 4 rings (SSSR count). The van der Waals surface area contributed by atoms with Gasteiger partial charge in [-0.25, -0.2) is 0 Å². The van der Waals surface area contributed by atoms with Gasteiger partial charge in [-0.1, -0.05) is 30.3 Å². The molecule has 3 aromatic rings. The van der Waals surface area contributed by atoms with E-state index in [0.29, 0.717) is 41.8 Å². The van der Waals surface area contributed by atoms with Gasteiger partial charge in [0, 0.05) is 18.2 Å². The fourth-order valence-electron chi connectivity index (χ4n) is 5.05. The Bertz CT molecular complexity index is 1340. The number of amides is 2. The van der Waals surface area contributed by atoms with Crippen LogP contribution in [0.4, 0.5) is 18.9 Å². The molecule has 0 bridgehead atoms. The van der Waals surface area contributed by atoms with Gasteiger partial charge in [0.15, 0.2) is 0 Å². The van der Waals surface area contributed by atoms with E-state index in [4.69, 9.17) is 17.2 Å². The van der Waals surface area contributed by atoms with Gasteiger partial charge < -0.3 is 32.3 Å². The number of anilines is 1. The first-order chi connectivity index (χ1) is 18.8. The largest absolute Gasteiger partial charge is 0.416 e. The minimum atomic E-state index is -4.48. The van der Waals surface area contributed by atoms with Crippen LogP contribution in [0.5, 0.6) is 0 Å². The predicted octanol–water partition coefficient (Wildman–Crippen LogP) is 1.75. The summed E-state index contributed by atoms with van der Waals surface area (Å²) in [6.07, 6.45) is -2.69. The van der Waals surface area contributed by atoms with Crippen LogP contribution in [0.1, 0.15) is 17.5 Å². The Kier molecular flexibility index (Phi) is 8.74. The van der Waals surface area contributed by atoms with Crippen LogP contribution in [-0.4, -0.2) is 72.1 Å². The maximum absolute atomic E-state index is 13.3. The van der Waals surface area contributed by atoms with Crippen molar-refractivity contribution in [3.8, 4) is 0 Å². The molecule has 1 saturated heterocycles. The molecule has 2 heterocycles. The third kappa shape index (κ3) is 7.33. The van der Waals surface area contributed by atoms with Crippen LogP contribution < -0.4 is 27.8 Å². The van der Waals surface area contributed by atoms with Crippen molar-refractivity contribution in [1.29, 1.82) is 0 Å². The van der Waals surface area contributed by atoms with Gasteiger partial charge in [-0.3, -0.25) is 14.6 Å². The van der Waals surface area contributed by atoms with Crippen LogP contribution in [0.15, 0.2) is 60.8 Å². The standard InChI is InChI=1S/C28H34F3N7O2/c1-38(15-22(33)23(34)16-38)11-10-21(32)26(39)37-25(12-17-6-8-19(9-7-17)28(29,30)31)27(40)36-20-13-18-4-2-3-5-24(18)35-14-20/h2-9,13-14,21-23,25H,10-12,15-16,32-34H2,1H3,(H-,36,37,39,40)/p+1/t21-,22-,23-,25-/m0/s1. The molecule has 214 valence electrons. The van der Waals surface area contributed by atoms with Crippen LogP contribution in [0, 0.1) is 0 Å². The number of para-hydroxylation sites is 1. The molecule has 0 unspecified atom stereocenters. The number of nitrogens with two attached hydrogens (primary N) is 3. The number of quaternary nitrogens is 1. The van der Waals surface area contributed by atoms with E-state index in [1.54, 1.807) is 6.07 Å². The van der Waals surface area contributed by atoms with Gasteiger partial charge in [-0.2, -0.15) is 13.2 Å². The Hall–Kier alpha value is -3.58. The number of halogens is 3. The summed E-state index contributed by atoms with van der Waals surface area (Å²) in [5.41, 5.74) is 19.1. The highest BCUT2D eigenvalue weighted by Crippen LogP contribution is 2.29. The number of aromatic nitrogens is 1. The Labute approximate surface area is 230 Å². The number of alkyl halides is 3. The van der Waals surface area contributed by atoms with Crippen LogP contribution >= 0.6 is 0 Å². The van der Waals surface area contributed by atoms with Gasteiger partial charge in [-0.05, 0) is 29.8 Å². The number of hydrogen-bond donors (Lipinski definition) is 5. The zero-order valence-corrected chi connectivity index (χ0v) is 22.2. The molecule has 4 atom stereocenters. The first-order valence-corrected chi connectivity index (χ1v) is 13.1. The number of fused-ring (bicyclic) bond motifs is 1. The maximum atomic E-state index is 13.3. The minimum absolute atomic E-state index is 0.0407. The van der Waals surface area contributed by atoms with Gasteiger partial charge in [0.25, 0.3) is 0 Å². The summed E-state index contributed by atoms with van der Waals surface area (Å²) in [5.74, 6) is -1.09. The summed E-state index contributed by atoms with van der Waals surface area (Å²) in [6, 6.07) is 11.3. The molecule has 8 N–H and O–H groups in total. The van der Waals surface area contributed by atoms with Gasteiger partial charge in [-0.15, -0.1) is 0 Å². The zero-order chi connectivity index (χ0) is 29.1. The molecule has 0 saturated carbocycles. The molecule has 12 heteroatoms. The van der Waals surface area contributed by atoms with Crippen molar-refractivity contribution in [1.82, 2.24) is 10.3 Å². The number of nitrogens with zero attached hydrogens (tertiary/aromatic N) is 2. The molecule has 40 heavy (non-hydrogen) atoms. The first kappa shape index (κ1) is 29.4. The lowest BCUT2D eigenvalue weighted by molar-refractivity contribution is -0.898. The summed E-state index contributed by atoms with van der Waals surface area (Å²) < 4.78 is 39.7. The van der Waals surface area contributed by atoms with Crippen molar-refractivity contribution >= 4 is 28.4 Å². The number of carbonyl (C=O) groups excluding carboxylic acids is 2. The zero-order valence-electron chi connectivity index (χ0n) is 22.2. The van der Waals surface area contributed by atoms with Crippen molar-refractivity contribution in [2.75, 3.05) is 32.0 Å². The van der Waals surface area contributed by atoms with Gasteiger partial charge in [0.2, 0.25) is 11.8 Å². The van der Waals surface area contributed by atoms with Crippen molar-refractivity contribution in [3.63, 3.8) is 0 Å². The maximum Gasteiger partial charge on any atom is 0.416 e. The number of pyridine rings is 1. The van der Waals surface area contributed by atoms with Gasteiger partial charge >= 0.3 is 6.18 Å². The van der Waals surface area contributed by atoms with E-state index >= 15 is 0 Å². The lowest BCUT2D eigenvalue weighted by Gasteiger charge is -2.30. The smallest absolute Gasteiger partial charge is 0.343 e. The van der Waals surface area contributed by atoms with Gasteiger partial charge in [0.1, 0.15) is 6.04 Å². The molecule has 2 aromatic carbocycles. The number of benzene rings is 2. The van der Waals surface area contributed by atoms with E-state index in [0.717, 1.165) is 23.0 Å². The number of hydrogen-bond acceptors (Lipinski definition) is 6.